The zero-order valence-electron chi connectivity index (χ0n) is 23.7. The second-order valence-corrected chi connectivity index (χ2v) is 11.6. The predicted molar refractivity (Wildman–Crippen MR) is 184 cm³/mol. The van der Waals surface area contributed by atoms with Gasteiger partial charge in [0.15, 0.2) is 0 Å². The van der Waals surface area contributed by atoms with Gasteiger partial charge in [0.05, 0.1) is 0 Å². The molecule has 8 aromatic carbocycles. The van der Waals surface area contributed by atoms with Crippen molar-refractivity contribution in [3.8, 4) is 22.3 Å². The molecule has 0 radical (unpaired) electrons. The standard InChI is InChI=1S/C42H24O2/c1-2-12-25(13-3-1)40-29-17-6-8-19-31(29)41(32-20-9-7-18-30(32)40)34-23-39-42(28-16-5-4-14-26(28)34)35-22-33-27-15-10-11-21-36(27)43-37(33)24-38(35)44-39/h1-24H. The Balaban J connectivity index is 1.36. The van der Waals surface area contributed by atoms with E-state index in [-0.39, 0.29) is 0 Å². The molecule has 0 saturated heterocycles. The lowest BCUT2D eigenvalue weighted by Crippen LogP contribution is -1.91. The molecule has 44 heavy (non-hydrogen) atoms. The molecule has 10 rings (SSSR count). The lowest BCUT2D eigenvalue weighted by molar-refractivity contribution is 0.656. The van der Waals surface area contributed by atoms with Crippen molar-refractivity contribution in [2.75, 3.05) is 0 Å². The predicted octanol–water partition coefficient (Wildman–Crippen LogP) is 12.3. The van der Waals surface area contributed by atoms with E-state index in [1.54, 1.807) is 0 Å². The van der Waals surface area contributed by atoms with Gasteiger partial charge in [-0.05, 0) is 72.8 Å². The van der Waals surface area contributed by atoms with Crippen LogP contribution in [-0.4, -0.2) is 0 Å². The van der Waals surface area contributed by atoms with Crippen LogP contribution in [0.2, 0.25) is 0 Å². The van der Waals surface area contributed by atoms with E-state index < -0.39 is 0 Å². The maximum absolute atomic E-state index is 6.68. The highest BCUT2D eigenvalue weighted by Gasteiger charge is 2.21. The molecule has 0 aliphatic heterocycles. The first-order valence-corrected chi connectivity index (χ1v) is 15.0. The van der Waals surface area contributed by atoms with Crippen LogP contribution in [0.3, 0.4) is 0 Å². The zero-order chi connectivity index (χ0) is 28.8. The Hall–Kier alpha value is -5.86. The average molecular weight is 561 g/mol. The number of rotatable bonds is 2. The van der Waals surface area contributed by atoms with Crippen LogP contribution in [0.15, 0.2) is 154 Å². The van der Waals surface area contributed by atoms with Gasteiger partial charge < -0.3 is 8.83 Å². The number of benzene rings is 8. The summed E-state index contributed by atoms with van der Waals surface area (Å²) in [5, 5.41) is 11.8. The molecule has 2 nitrogen and oxygen atoms in total. The summed E-state index contributed by atoms with van der Waals surface area (Å²) in [5.74, 6) is 0. The molecule has 0 aliphatic carbocycles. The third-order valence-electron chi connectivity index (χ3n) is 9.24. The van der Waals surface area contributed by atoms with Crippen LogP contribution < -0.4 is 0 Å². The average Bonchev–Trinajstić information content (AvgIpc) is 3.63. The SMILES string of the molecule is c1ccc(-c2c3ccccc3c(-c3cc4oc5cc6oc7ccccc7c6cc5c4c4ccccc34)c3ccccc23)cc1. The minimum atomic E-state index is 0.836. The number of hydrogen-bond donors (Lipinski definition) is 0. The summed E-state index contributed by atoms with van der Waals surface area (Å²) in [6, 6.07) is 51.9. The monoisotopic (exact) mass is 560 g/mol. The molecule has 2 heteroatoms. The maximum Gasteiger partial charge on any atom is 0.139 e. The largest absolute Gasteiger partial charge is 0.456 e. The topological polar surface area (TPSA) is 26.3 Å². The van der Waals surface area contributed by atoms with Gasteiger partial charge in [-0.15, -0.1) is 0 Å². The molecule has 2 aromatic heterocycles. The quantitative estimate of drug-likeness (QED) is 0.197. The fourth-order valence-corrected chi connectivity index (χ4v) is 7.40. The fourth-order valence-electron chi connectivity index (χ4n) is 7.40. The van der Waals surface area contributed by atoms with Crippen LogP contribution in [0.1, 0.15) is 0 Å². The van der Waals surface area contributed by atoms with E-state index in [2.05, 4.69) is 133 Å². The van der Waals surface area contributed by atoms with E-state index >= 15 is 0 Å². The minimum Gasteiger partial charge on any atom is -0.456 e. The third kappa shape index (κ3) is 3.20. The van der Waals surface area contributed by atoms with Crippen molar-refractivity contribution in [1.29, 1.82) is 0 Å². The van der Waals surface area contributed by atoms with Crippen LogP contribution in [0.4, 0.5) is 0 Å². The summed E-state index contributed by atoms with van der Waals surface area (Å²) < 4.78 is 12.9. The molecule has 0 amide bonds. The fraction of sp³-hybridized carbons (Fsp3) is 0. The molecule has 0 aliphatic rings. The van der Waals surface area contributed by atoms with Crippen molar-refractivity contribution >= 4 is 76.2 Å². The molecule has 0 bridgehead atoms. The van der Waals surface area contributed by atoms with Gasteiger partial charge in [0, 0.05) is 27.6 Å². The lowest BCUT2D eigenvalue weighted by atomic mass is 9.84. The zero-order valence-corrected chi connectivity index (χ0v) is 23.7. The normalized spacial score (nSPS) is 12.1. The Kier molecular flexibility index (Phi) is 4.75. The Labute approximate surface area is 252 Å². The summed E-state index contributed by atoms with van der Waals surface area (Å²) in [6.45, 7) is 0. The van der Waals surface area contributed by atoms with Crippen LogP contribution in [0.5, 0.6) is 0 Å². The first-order chi connectivity index (χ1) is 21.8. The van der Waals surface area contributed by atoms with E-state index in [9.17, 15) is 0 Å². The number of para-hydroxylation sites is 1. The van der Waals surface area contributed by atoms with E-state index in [1.807, 2.05) is 12.1 Å². The van der Waals surface area contributed by atoms with Crippen molar-refractivity contribution in [3.63, 3.8) is 0 Å². The summed E-state index contributed by atoms with van der Waals surface area (Å²) >= 11 is 0. The number of furan rings is 2. The molecule has 204 valence electrons. The number of fused-ring (bicyclic) bond motifs is 10. The number of hydrogen-bond acceptors (Lipinski definition) is 2. The van der Waals surface area contributed by atoms with Crippen molar-refractivity contribution in [3.05, 3.63) is 146 Å². The first-order valence-electron chi connectivity index (χ1n) is 15.0. The Bertz CT molecular complexity index is 2700. The van der Waals surface area contributed by atoms with Gasteiger partial charge in [0.2, 0.25) is 0 Å². The highest BCUT2D eigenvalue weighted by Crippen LogP contribution is 2.48. The molecule has 0 atom stereocenters. The van der Waals surface area contributed by atoms with Gasteiger partial charge in [0.1, 0.15) is 22.3 Å². The van der Waals surface area contributed by atoms with Gasteiger partial charge in [-0.2, -0.15) is 0 Å². The van der Waals surface area contributed by atoms with Crippen LogP contribution in [0, 0.1) is 0 Å². The van der Waals surface area contributed by atoms with Crippen LogP contribution in [0.25, 0.3) is 98.4 Å². The van der Waals surface area contributed by atoms with Crippen molar-refractivity contribution in [1.82, 2.24) is 0 Å². The van der Waals surface area contributed by atoms with E-state index in [4.69, 9.17) is 8.83 Å². The van der Waals surface area contributed by atoms with E-state index in [0.29, 0.717) is 0 Å². The van der Waals surface area contributed by atoms with Crippen molar-refractivity contribution < 1.29 is 8.83 Å². The molecular formula is C42H24O2. The van der Waals surface area contributed by atoms with Crippen LogP contribution >= 0.6 is 0 Å². The Morgan fingerprint density at radius 2 is 0.818 bits per heavy atom. The molecule has 2 heterocycles. The summed E-state index contributed by atoms with van der Waals surface area (Å²) in [6.07, 6.45) is 0. The Morgan fingerprint density at radius 1 is 0.295 bits per heavy atom. The van der Waals surface area contributed by atoms with Gasteiger partial charge in [-0.25, -0.2) is 0 Å². The molecule has 0 unspecified atom stereocenters. The van der Waals surface area contributed by atoms with Gasteiger partial charge >= 0.3 is 0 Å². The summed E-state index contributed by atoms with van der Waals surface area (Å²) in [4.78, 5) is 0. The van der Waals surface area contributed by atoms with Gasteiger partial charge in [-0.3, -0.25) is 0 Å². The maximum atomic E-state index is 6.68. The van der Waals surface area contributed by atoms with Crippen molar-refractivity contribution in [2.45, 2.75) is 0 Å². The molecule has 0 spiro atoms. The summed E-state index contributed by atoms with van der Waals surface area (Å²) in [7, 11) is 0. The van der Waals surface area contributed by atoms with Crippen LogP contribution in [-0.2, 0) is 0 Å². The summed E-state index contributed by atoms with van der Waals surface area (Å²) in [5.41, 5.74) is 8.35. The van der Waals surface area contributed by atoms with Gasteiger partial charge in [0.25, 0.3) is 0 Å². The highest BCUT2D eigenvalue weighted by molar-refractivity contribution is 6.29. The lowest BCUT2D eigenvalue weighted by Gasteiger charge is -2.19. The van der Waals surface area contributed by atoms with Crippen molar-refractivity contribution in [2.24, 2.45) is 0 Å². The third-order valence-corrected chi connectivity index (χ3v) is 9.24. The second-order valence-electron chi connectivity index (χ2n) is 11.6. The molecule has 10 aromatic rings. The molecule has 0 N–H and O–H groups in total. The molecule has 0 saturated carbocycles. The van der Waals surface area contributed by atoms with Gasteiger partial charge in [-0.1, -0.05) is 121 Å². The smallest absolute Gasteiger partial charge is 0.139 e. The highest BCUT2D eigenvalue weighted by atomic mass is 16.3. The minimum absolute atomic E-state index is 0.836. The molecule has 0 fully saturated rings. The van der Waals surface area contributed by atoms with E-state index in [1.165, 1.54) is 54.6 Å². The second kappa shape index (κ2) is 8.82. The first kappa shape index (κ1) is 23.7. The Morgan fingerprint density at radius 3 is 1.52 bits per heavy atom. The van der Waals surface area contributed by atoms with E-state index in [0.717, 1.165) is 43.9 Å². The molecular weight excluding hydrogens is 536 g/mol.